The zero-order chi connectivity index (χ0) is 14.8. The number of carbonyl (C=O) groups is 1. The predicted molar refractivity (Wildman–Crippen MR) is 66.6 cm³/mol. The molecule has 106 valence electrons. The smallest absolute Gasteiger partial charge is 0.417 e. The van der Waals surface area contributed by atoms with Gasteiger partial charge < -0.3 is 10.0 Å². The van der Waals surface area contributed by atoms with Crippen molar-refractivity contribution in [3.8, 4) is 0 Å². The van der Waals surface area contributed by atoms with E-state index in [-0.39, 0.29) is 6.04 Å². The highest BCUT2D eigenvalue weighted by Crippen LogP contribution is 2.35. The summed E-state index contributed by atoms with van der Waals surface area (Å²) in [7, 11) is 0. The van der Waals surface area contributed by atoms with Crippen molar-refractivity contribution in [1.29, 1.82) is 0 Å². The number of alkyl halides is 3. The topological polar surface area (TPSA) is 40.5 Å². The van der Waals surface area contributed by atoms with Gasteiger partial charge in [0.05, 0.1) is 11.1 Å². The predicted octanol–water partition coefficient (Wildman–Crippen LogP) is 3.64. The minimum Gasteiger partial charge on any atom is -0.478 e. The molecule has 1 aromatic carbocycles. The Hall–Kier alpha value is -1.72. The fourth-order valence-corrected chi connectivity index (χ4v) is 1.98. The second-order valence-electron chi connectivity index (χ2n) is 4.41. The Kier molecular flexibility index (Phi) is 4.44. The number of benzene rings is 1. The Balaban J connectivity index is 3.37. The minimum absolute atomic E-state index is 0.0294. The molecule has 0 unspecified atom stereocenters. The van der Waals surface area contributed by atoms with Crippen LogP contribution in [-0.2, 0) is 6.18 Å². The Labute approximate surface area is 109 Å². The quantitative estimate of drug-likeness (QED) is 0.912. The van der Waals surface area contributed by atoms with Gasteiger partial charge in [-0.05, 0) is 39.0 Å². The Morgan fingerprint density at radius 2 is 1.95 bits per heavy atom. The second kappa shape index (κ2) is 5.50. The summed E-state index contributed by atoms with van der Waals surface area (Å²) in [6.07, 6.45) is -4.68. The molecule has 0 saturated heterocycles. The minimum atomic E-state index is -4.68. The van der Waals surface area contributed by atoms with Crippen molar-refractivity contribution in [3.05, 3.63) is 29.3 Å². The van der Waals surface area contributed by atoms with E-state index < -0.39 is 23.3 Å². The molecule has 0 aliphatic heterocycles. The molecule has 1 N–H and O–H groups in total. The monoisotopic (exact) mass is 275 g/mol. The Bertz CT molecular complexity index is 469. The van der Waals surface area contributed by atoms with E-state index in [2.05, 4.69) is 0 Å². The van der Waals surface area contributed by atoms with Gasteiger partial charge in [-0.3, -0.25) is 0 Å². The molecule has 0 spiro atoms. The second-order valence-corrected chi connectivity index (χ2v) is 4.41. The third-order valence-corrected chi connectivity index (χ3v) is 2.83. The lowest BCUT2D eigenvalue weighted by Crippen LogP contribution is -2.30. The number of anilines is 1. The number of rotatable bonds is 4. The zero-order valence-corrected chi connectivity index (χ0v) is 11.0. The average molecular weight is 275 g/mol. The molecular formula is C13H16F3NO2. The number of carboxylic acids is 1. The first kappa shape index (κ1) is 15.3. The maximum atomic E-state index is 12.9. The molecule has 0 saturated carbocycles. The summed E-state index contributed by atoms with van der Waals surface area (Å²) in [4.78, 5) is 12.6. The van der Waals surface area contributed by atoms with Crippen molar-refractivity contribution in [1.82, 2.24) is 0 Å². The summed E-state index contributed by atoms with van der Waals surface area (Å²) in [5.41, 5.74) is -1.47. The fourth-order valence-electron chi connectivity index (χ4n) is 1.98. The van der Waals surface area contributed by atoms with E-state index in [1.54, 1.807) is 4.90 Å². The van der Waals surface area contributed by atoms with Crippen molar-refractivity contribution >= 4 is 11.7 Å². The van der Waals surface area contributed by atoms with Gasteiger partial charge in [0.2, 0.25) is 0 Å². The third-order valence-electron chi connectivity index (χ3n) is 2.83. The molecule has 3 nitrogen and oxygen atoms in total. The molecule has 19 heavy (non-hydrogen) atoms. The number of hydrogen-bond donors (Lipinski definition) is 1. The molecule has 0 radical (unpaired) electrons. The Morgan fingerprint density at radius 3 is 2.32 bits per heavy atom. The van der Waals surface area contributed by atoms with Crippen LogP contribution in [0.5, 0.6) is 0 Å². The van der Waals surface area contributed by atoms with E-state index in [0.717, 1.165) is 12.1 Å². The summed E-state index contributed by atoms with van der Waals surface area (Å²) in [5.74, 6) is -1.58. The van der Waals surface area contributed by atoms with Crippen LogP contribution < -0.4 is 4.90 Å². The standard InChI is InChI=1S/C13H16F3NO2/c1-4-17(8(2)3)9-5-6-10(12(18)19)11(7-9)13(14,15)16/h5-8H,4H2,1-3H3,(H,18,19). The number of carboxylic acid groups (broad SMARTS) is 1. The van der Waals surface area contributed by atoms with Crippen LogP contribution in [-0.4, -0.2) is 23.7 Å². The zero-order valence-electron chi connectivity index (χ0n) is 11.0. The van der Waals surface area contributed by atoms with E-state index in [1.165, 1.54) is 6.07 Å². The first-order chi connectivity index (χ1) is 8.68. The Morgan fingerprint density at radius 1 is 1.37 bits per heavy atom. The first-order valence-electron chi connectivity index (χ1n) is 5.89. The van der Waals surface area contributed by atoms with Crippen LogP contribution in [0.4, 0.5) is 18.9 Å². The number of aromatic carboxylic acids is 1. The molecule has 0 atom stereocenters. The van der Waals surface area contributed by atoms with Gasteiger partial charge in [-0.2, -0.15) is 13.2 Å². The lowest BCUT2D eigenvalue weighted by Gasteiger charge is -2.28. The van der Waals surface area contributed by atoms with Crippen molar-refractivity contribution in [2.24, 2.45) is 0 Å². The van der Waals surface area contributed by atoms with Crippen molar-refractivity contribution in [3.63, 3.8) is 0 Å². The molecule has 0 aromatic heterocycles. The SMILES string of the molecule is CCN(c1ccc(C(=O)O)c(C(F)(F)F)c1)C(C)C. The summed E-state index contributed by atoms with van der Waals surface area (Å²) >= 11 is 0. The highest BCUT2D eigenvalue weighted by Gasteiger charge is 2.36. The molecule has 0 bridgehead atoms. The van der Waals surface area contributed by atoms with Crippen molar-refractivity contribution in [2.75, 3.05) is 11.4 Å². The van der Waals surface area contributed by atoms with Gasteiger partial charge in [0, 0.05) is 18.3 Å². The van der Waals surface area contributed by atoms with Crippen molar-refractivity contribution < 1.29 is 23.1 Å². The van der Waals surface area contributed by atoms with Gasteiger partial charge in [-0.15, -0.1) is 0 Å². The molecule has 1 aromatic rings. The summed E-state index contributed by atoms with van der Waals surface area (Å²) in [5, 5.41) is 8.81. The van der Waals surface area contributed by atoms with Crippen LogP contribution in [0, 0.1) is 0 Å². The molecule has 6 heteroatoms. The van der Waals surface area contributed by atoms with Crippen LogP contribution in [0.15, 0.2) is 18.2 Å². The van der Waals surface area contributed by atoms with E-state index >= 15 is 0 Å². The fraction of sp³-hybridized carbons (Fsp3) is 0.462. The number of halogens is 3. The maximum Gasteiger partial charge on any atom is 0.417 e. The highest BCUT2D eigenvalue weighted by molar-refractivity contribution is 5.90. The number of hydrogen-bond acceptors (Lipinski definition) is 2. The van der Waals surface area contributed by atoms with Gasteiger partial charge in [0.1, 0.15) is 0 Å². The molecule has 0 aliphatic rings. The molecular weight excluding hydrogens is 259 g/mol. The van der Waals surface area contributed by atoms with Crippen LogP contribution in [0.25, 0.3) is 0 Å². The maximum absolute atomic E-state index is 12.9. The van der Waals surface area contributed by atoms with Gasteiger partial charge in [0.15, 0.2) is 0 Å². The summed E-state index contributed by atoms with van der Waals surface area (Å²) in [6.45, 7) is 6.10. The van der Waals surface area contributed by atoms with Crippen LogP contribution in [0.3, 0.4) is 0 Å². The van der Waals surface area contributed by atoms with Gasteiger partial charge in [-0.25, -0.2) is 4.79 Å². The van der Waals surface area contributed by atoms with Gasteiger partial charge in [0.25, 0.3) is 0 Å². The third kappa shape index (κ3) is 3.39. The number of nitrogens with zero attached hydrogens (tertiary/aromatic N) is 1. The van der Waals surface area contributed by atoms with Crippen LogP contribution in [0.1, 0.15) is 36.7 Å². The molecule has 0 heterocycles. The van der Waals surface area contributed by atoms with Gasteiger partial charge in [-0.1, -0.05) is 0 Å². The van der Waals surface area contributed by atoms with Gasteiger partial charge >= 0.3 is 12.1 Å². The first-order valence-corrected chi connectivity index (χ1v) is 5.89. The lowest BCUT2D eigenvalue weighted by atomic mass is 10.0. The van der Waals surface area contributed by atoms with E-state index in [0.29, 0.717) is 12.2 Å². The van der Waals surface area contributed by atoms with E-state index in [4.69, 9.17) is 5.11 Å². The normalized spacial score (nSPS) is 11.7. The van der Waals surface area contributed by atoms with E-state index in [1.807, 2.05) is 20.8 Å². The summed E-state index contributed by atoms with van der Waals surface area (Å²) in [6, 6.07) is 3.34. The van der Waals surface area contributed by atoms with Crippen LogP contribution >= 0.6 is 0 Å². The molecule has 1 rings (SSSR count). The average Bonchev–Trinajstić information content (AvgIpc) is 2.27. The molecule has 0 aliphatic carbocycles. The summed E-state index contributed by atoms with van der Waals surface area (Å²) < 4.78 is 38.6. The van der Waals surface area contributed by atoms with E-state index in [9.17, 15) is 18.0 Å². The lowest BCUT2D eigenvalue weighted by molar-refractivity contribution is -0.138. The molecule has 0 fully saturated rings. The highest BCUT2D eigenvalue weighted by atomic mass is 19.4. The molecule has 0 amide bonds. The van der Waals surface area contributed by atoms with Crippen molar-refractivity contribution in [2.45, 2.75) is 33.0 Å². The van der Waals surface area contributed by atoms with Crippen LogP contribution in [0.2, 0.25) is 0 Å². The largest absolute Gasteiger partial charge is 0.478 e.